The van der Waals surface area contributed by atoms with Crippen LogP contribution < -0.4 is 4.90 Å². The Morgan fingerprint density at radius 3 is 2.29 bits per heavy atom. The molecule has 3 nitrogen and oxygen atoms in total. The summed E-state index contributed by atoms with van der Waals surface area (Å²) in [4.78, 5) is 11.1. The lowest BCUT2D eigenvalue weighted by molar-refractivity contribution is 0.239. The number of halogens is 1. The summed E-state index contributed by atoms with van der Waals surface area (Å²) in [5.74, 6) is 0.743. The third-order valence-electron chi connectivity index (χ3n) is 3.60. The van der Waals surface area contributed by atoms with Crippen LogP contribution in [0.2, 0.25) is 5.15 Å². The van der Waals surface area contributed by atoms with Crippen LogP contribution in [0.1, 0.15) is 47.0 Å². The van der Waals surface area contributed by atoms with Crippen molar-refractivity contribution in [3.63, 3.8) is 0 Å². The summed E-state index contributed by atoms with van der Waals surface area (Å²) >= 11 is 5.97. The highest BCUT2D eigenvalue weighted by molar-refractivity contribution is 6.29. The second kappa shape index (κ2) is 4.13. The second-order valence-electron chi connectivity index (χ2n) is 5.99. The van der Waals surface area contributed by atoms with E-state index in [1.165, 1.54) is 6.42 Å². The lowest BCUT2D eigenvalue weighted by Gasteiger charge is -2.52. The lowest BCUT2D eigenvalue weighted by atomic mass is 9.80. The van der Waals surface area contributed by atoms with E-state index in [9.17, 15) is 0 Å². The Morgan fingerprint density at radius 2 is 1.76 bits per heavy atom. The summed E-state index contributed by atoms with van der Waals surface area (Å²) in [5, 5.41) is 0.507. The molecule has 1 aliphatic rings. The Hall–Kier alpha value is -0.830. The number of hydrogen-bond donors (Lipinski definition) is 0. The first kappa shape index (κ1) is 12.6. The van der Waals surface area contributed by atoms with Gasteiger partial charge in [-0.05, 0) is 53.0 Å². The van der Waals surface area contributed by atoms with Crippen molar-refractivity contribution in [3.05, 3.63) is 17.4 Å². The maximum atomic E-state index is 5.97. The molecular weight excluding hydrogens is 234 g/mol. The molecule has 0 atom stereocenters. The summed E-state index contributed by atoms with van der Waals surface area (Å²) in [6.07, 6.45) is 5.29. The minimum absolute atomic E-state index is 0.0758. The molecule has 0 spiro atoms. The van der Waals surface area contributed by atoms with Gasteiger partial charge in [0.2, 0.25) is 5.95 Å². The van der Waals surface area contributed by atoms with Crippen molar-refractivity contribution < 1.29 is 0 Å². The lowest BCUT2D eigenvalue weighted by Crippen LogP contribution is -2.59. The van der Waals surface area contributed by atoms with Gasteiger partial charge in [0, 0.05) is 17.3 Å². The van der Waals surface area contributed by atoms with Crippen molar-refractivity contribution in [3.8, 4) is 0 Å². The third kappa shape index (κ3) is 2.39. The molecule has 0 unspecified atom stereocenters. The van der Waals surface area contributed by atoms with Gasteiger partial charge in [-0.1, -0.05) is 11.6 Å². The first-order chi connectivity index (χ1) is 7.83. The van der Waals surface area contributed by atoms with E-state index in [4.69, 9.17) is 11.6 Å². The van der Waals surface area contributed by atoms with Gasteiger partial charge >= 0.3 is 0 Å². The fraction of sp³-hybridized carbons (Fsp3) is 0.692. The topological polar surface area (TPSA) is 29.0 Å². The van der Waals surface area contributed by atoms with E-state index in [0.29, 0.717) is 5.15 Å². The Labute approximate surface area is 108 Å². The molecule has 2 rings (SSSR count). The van der Waals surface area contributed by atoms with Crippen molar-refractivity contribution >= 4 is 17.5 Å². The van der Waals surface area contributed by atoms with Crippen LogP contribution in [-0.4, -0.2) is 21.0 Å². The highest BCUT2D eigenvalue weighted by Crippen LogP contribution is 2.40. The molecule has 4 heteroatoms. The summed E-state index contributed by atoms with van der Waals surface area (Å²) in [5.41, 5.74) is 0.152. The fourth-order valence-corrected chi connectivity index (χ4v) is 3.10. The molecule has 1 aromatic rings. The number of nitrogens with zero attached hydrogens (tertiary/aromatic N) is 3. The molecular formula is C13H20ClN3. The molecule has 1 aliphatic heterocycles. The summed E-state index contributed by atoms with van der Waals surface area (Å²) in [7, 11) is 0. The molecule has 0 saturated carbocycles. The third-order valence-corrected chi connectivity index (χ3v) is 3.81. The summed E-state index contributed by atoms with van der Waals surface area (Å²) in [6, 6.07) is 1.72. The predicted molar refractivity (Wildman–Crippen MR) is 71.5 cm³/mol. The number of aromatic nitrogens is 2. The van der Waals surface area contributed by atoms with Crippen molar-refractivity contribution in [2.45, 2.75) is 58.0 Å². The van der Waals surface area contributed by atoms with E-state index in [1.54, 1.807) is 12.3 Å². The minimum Gasteiger partial charge on any atom is -0.331 e. The van der Waals surface area contributed by atoms with E-state index in [1.807, 2.05) is 0 Å². The highest BCUT2D eigenvalue weighted by atomic mass is 35.5. The first-order valence-electron chi connectivity index (χ1n) is 6.12. The second-order valence-corrected chi connectivity index (χ2v) is 6.38. The van der Waals surface area contributed by atoms with Gasteiger partial charge in [0.25, 0.3) is 0 Å². The van der Waals surface area contributed by atoms with E-state index in [0.717, 1.165) is 18.8 Å². The molecule has 0 aliphatic carbocycles. The normalized spacial score (nSPS) is 22.5. The van der Waals surface area contributed by atoms with Crippen molar-refractivity contribution in [1.29, 1.82) is 0 Å². The molecule has 0 amide bonds. The standard InChI is InChI=1S/C13H20ClN3/c1-12(2)7-5-8-13(3,4)17(12)11-15-9-6-10(14)16-11/h6,9H,5,7-8H2,1-4H3. The van der Waals surface area contributed by atoms with Crippen LogP contribution in [0.15, 0.2) is 12.3 Å². The number of piperidine rings is 1. The van der Waals surface area contributed by atoms with Gasteiger partial charge in [-0.3, -0.25) is 0 Å². The molecule has 1 aromatic heterocycles. The summed E-state index contributed by atoms with van der Waals surface area (Å²) < 4.78 is 0. The van der Waals surface area contributed by atoms with E-state index < -0.39 is 0 Å². The van der Waals surface area contributed by atoms with Gasteiger partial charge in [-0.2, -0.15) is 0 Å². The van der Waals surface area contributed by atoms with Crippen LogP contribution >= 0.6 is 11.6 Å². The van der Waals surface area contributed by atoms with Crippen LogP contribution in [0, 0.1) is 0 Å². The van der Waals surface area contributed by atoms with E-state index in [-0.39, 0.29) is 11.1 Å². The molecule has 0 N–H and O–H groups in total. The van der Waals surface area contributed by atoms with Crippen LogP contribution in [-0.2, 0) is 0 Å². The van der Waals surface area contributed by atoms with Crippen molar-refractivity contribution in [2.75, 3.05) is 4.90 Å². The van der Waals surface area contributed by atoms with Crippen LogP contribution in [0.3, 0.4) is 0 Å². The first-order valence-corrected chi connectivity index (χ1v) is 6.50. The molecule has 94 valence electrons. The van der Waals surface area contributed by atoms with Gasteiger partial charge in [-0.25, -0.2) is 9.97 Å². The molecule has 0 radical (unpaired) electrons. The quantitative estimate of drug-likeness (QED) is 0.715. The zero-order chi connectivity index (χ0) is 12.7. The molecule has 17 heavy (non-hydrogen) atoms. The molecule has 1 fully saturated rings. The Morgan fingerprint density at radius 1 is 1.18 bits per heavy atom. The average Bonchev–Trinajstić information content (AvgIpc) is 2.14. The van der Waals surface area contributed by atoms with Gasteiger partial charge in [0.15, 0.2) is 0 Å². The largest absolute Gasteiger partial charge is 0.331 e. The van der Waals surface area contributed by atoms with Crippen molar-refractivity contribution in [1.82, 2.24) is 9.97 Å². The van der Waals surface area contributed by atoms with Gasteiger partial charge in [-0.15, -0.1) is 0 Å². The van der Waals surface area contributed by atoms with Gasteiger partial charge in [0.05, 0.1) is 0 Å². The maximum absolute atomic E-state index is 5.97. The van der Waals surface area contributed by atoms with Crippen LogP contribution in [0.4, 0.5) is 5.95 Å². The van der Waals surface area contributed by atoms with Crippen molar-refractivity contribution in [2.24, 2.45) is 0 Å². The van der Waals surface area contributed by atoms with Gasteiger partial charge in [0.1, 0.15) is 5.15 Å². The Kier molecular flexibility index (Phi) is 3.06. The Balaban J connectivity index is 2.45. The van der Waals surface area contributed by atoms with Crippen LogP contribution in [0.5, 0.6) is 0 Å². The fourth-order valence-electron chi connectivity index (χ4n) is 2.97. The van der Waals surface area contributed by atoms with Crippen LogP contribution in [0.25, 0.3) is 0 Å². The smallest absolute Gasteiger partial charge is 0.227 e. The zero-order valence-electron chi connectivity index (χ0n) is 11.0. The number of hydrogen-bond acceptors (Lipinski definition) is 3. The predicted octanol–water partition coefficient (Wildman–Crippen LogP) is 3.68. The Bertz CT molecular complexity index is 399. The highest BCUT2D eigenvalue weighted by Gasteiger charge is 2.42. The van der Waals surface area contributed by atoms with Gasteiger partial charge < -0.3 is 4.90 Å². The molecule has 1 saturated heterocycles. The van der Waals surface area contributed by atoms with E-state index >= 15 is 0 Å². The minimum atomic E-state index is 0.0758. The molecule has 0 bridgehead atoms. The zero-order valence-corrected chi connectivity index (χ0v) is 11.8. The number of anilines is 1. The molecule has 0 aromatic carbocycles. The maximum Gasteiger partial charge on any atom is 0.227 e. The molecule has 2 heterocycles. The average molecular weight is 254 g/mol. The summed E-state index contributed by atoms with van der Waals surface area (Å²) in [6.45, 7) is 8.99. The SMILES string of the molecule is CC1(C)CCCC(C)(C)N1c1nccc(Cl)n1. The monoisotopic (exact) mass is 253 g/mol. The number of rotatable bonds is 1. The van der Waals surface area contributed by atoms with E-state index in [2.05, 4.69) is 42.6 Å².